The van der Waals surface area contributed by atoms with Gasteiger partial charge in [-0.3, -0.25) is 4.68 Å². The van der Waals surface area contributed by atoms with E-state index in [1.807, 2.05) is 44.8 Å². The van der Waals surface area contributed by atoms with E-state index in [4.69, 9.17) is 4.42 Å². The summed E-state index contributed by atoms with van der Waals surface area (Å²) in [5, 5.41) is 10.8. The first-order valence-corrected chi connectivity index (χ1v) is 8.02. The van der Waals surface area contributed by atoms with Crippen LogP contribution in [0.15, 0.2) is 21.8 Å². The maximum Gasteiger partial charge on any atom is 0.216 e. The molecule has 2 aromatic heterocycles. The molecule has 0 spiro atoms. The SMILES string of the molecule is CCNC(=NCc1nc(C)c(C)o1)NCCCn1cc(C)cn1.I. The Morgan fingerprint density at radius 2 is 2.08 bits per heavy atom. The summed E-state index contributed by atoms with van der Waals surface area (Å²) in [4.78, 5) is 8.84. The molecule has 2 N–H and O–H groups in total. The van der Waals surface area contributed by atoms with Crippen LogP contribution in [0, 0.1) is 20.8 Å². The molecule has 0 saturated heterocycles. The van der Waals surface area contributed by atoms with Gasteiger partial charge < -0.3 is 15.1 Å². The van der Waals surface area contributed by atoms with Gasteiger partial charge in [0.1, 0.15) is 12.3 Å². The Morgan fingerprint density at radius 3 is 2.67 bits per heavy atom. The fourth-order valence-electron chi connectivity index (χ4n) is 2.13. The summed E-state index contributed by atoms with van der Waals surface area (Å²) in [7, 11) is 0. The maximum atomic E-state index is 5.54. The molecule has 0 aromatic carbocycles. The Morgan fingerprint density at radius 1 is 1.29 bits per heavy atom. The van der Waals surface area contributed by atoms with E-state index in [2.05, 4.69) is 25.7 Å². The van der Waals surface area contributed by atoms with E-state index < -0.39 is 0 Å². The molecule has 0 radical (unpaired) electrons. The molecule has 2 heterocycles. The number of nitrogens with one attached hydrogen (secondary N) is 2. The van der Waals surface area contributed by atoms with E-state index in [1.54, 1.807) is 0 Å². The minimum absolute atomic E-state index is 0. The number of hydrogen-bond acceptors (Lipinski definition) is 4. The highest BCUT2D eigenvalue weighted by Crippen LogP contribution is 2.08. The minimum atomic E-state index is 0. The smallest absolute Gasteiger partial charge is 0.216 e. The Balaban J connectivity index is 0.00000288. The zero-order chi connectivity index (χ0) is 16.7. The van der Waals surface area contributed by atoms with Crippen LogP contribution in [0.3, 0.4) is 0 Å². The molecule has 0 aliphatic carbocycles. The van der Waals surface area contributed by atoms with E-state index in [0.29, 0.717) is 12.4 Å². The van der Waals surface area contributed by atoms with Crippen LogP contribution in [-0.2, 0) is 13.1 Å². The molecular weight excluding hydrogens is 419 g/mol. The average Bonchev–Trinajstić information content (AvgIpc) is 3.07. The molecule has 0 aliphatic rings. The van der Waals surface area contributed by atoms with Gasteiger partial charge in [-0.15, -0.1) is 24.0 Å². The van der Waals surface area contributed by atoms with Crippen LogP contribution in [0.2, 0.25) is 0 Å². The molecule has 7 nitrogen and oxygen atoms in total. The Kier molecular flexibility index (Phi) is 8.80. The largest absolute Gasteiger partial charge is 0.444 e. The highest BCUT2D eigenvalue weighted by Gasteiger charge is 2.05. The number of nitrogens with zero attached hydrogens (tertiary/aromatic N) is 4. The lowest BCUT2D eigenvalue weighted by atomic mass is 10.4. The van der Waals surface area contributed by atoms with Crippen LogP contribution in [0.4, 0.5) is 0 Å². The lowest BCUT2D eigenvalue weighted by Gasteiger charge is -2.10. The van der Waals surface area contributed by atoms with Gasteiger partial charge in [0, 0.05) is 25.8 Å². The zero-order valence-corrected chi connectivity index (χ0v) is 17.1. The van der Waals surface area contributed by atoms with Gasteiger partial charge in [-0.1, -0.05) is 0 Å². The number of rotatable bonds is 7. The van der Waals surface area contributed by atoms with Gasteiger partial charge in [-0.05, 0) is 39.7 Å². The van der Waals surface area contributed by atoms with Crippen LogP contribution in [0.25, 0.3) is 0 Å². The van der Waals surface area contributed by atoms with Gasteiger partial charge >= 0.3 is 0 Å². The first-order chi connectivity index (χ1) is 11.1. The lowest BCUT2D eigenvalue weighted by molar-refractivity contribution is 0.472. The Hall–Kier alpha value is -1.58. The van der Waals surface area contributed by atoms with Crippen molar-refractivity contribution < 1.29 is 4.42 Å². The van der Waals surface area contributed by atoms with E-state index >= 15 is 0 Å². The molecule has 0 atom stereocenters. The van der Waals surface area contributed by atoms with Crippen LogP contribution < -0.4 is 10.6 Å². The minimum Gasteiger partial charge on any atom is -0.444 e. The first kappa shape index (κ1) is 20.5. The number of hydrogen-bond donors (Lipinski definition) is 2. The van der Waals surface area contributed by atoms with Gasteiger partial charge in [0.2, 0.25) is 5.89 Å². The second-order valence-electron chi connectivity index (χ2n) is 5.51. The van der Waals surface area contributed by atoms with Crippen LogP contribution in [-0.4, -0.2) is 33.8 Å². The molecule has 2 aromatic rings. The summed E-state index contributed by atoms with van der Waals surface area (Å²) in [6.07, 6.45) is 4.90. The zero-order valence-electron chi connectivity index (χ0n) is 14.8. The normalized spacial score (nSPS) is 11.2. The third-order valence-corrected chi connectivity index (χ3v) is 3.41. The molecule has 2 rings (SSSR count). The summed E-state index contributed by atoms with van der Waals surface area (Å²) in [6.45, 7) is 10.9. The molecule has 134 valence electrons. The fourth-order valence-corrected chi connectivity index (χ4v) is 2.13. The lowest BCUT2D eigenvalue weighted by Crippen LogP contribution is -2.38. The molecule has 0 saturated carbocycles. The molecule has 0 amide bonds. The summed E-state index contributed by atoms with van der Waals surface area (Å²) in [5.74, 6) is 2.27. The molecule has 0 fully saturated rings. The van der Waals surface area contributed by atoms with E-state index in [9.17, 15) is 0 Å². The number of oxazole rings is 1. The van der Waals surface area contributed by atoms with E-state index in [-0.39, 0.29) is 24.0 Å². The van der Waals surface area contributed by atoms with Crippen molar-refractivity contribution in [2.45, 2.75) is 47.2 Å². The van der Waals surface area contributed by atoms with Gasteiger partial charge in [0.15, 0.2) is 5.96 Å². The molecule has 0 aliphatic heterocycles. The summed E-state index contributed by atoms with van der Waals surface area (Å²) < 4.78 is 7.50. The maximum absolute atomic E-state index is 5.54. The molecule has 0 bridgehead atoms. The van der Waals surface area contributed by atoms with Crippen molar-refractivity contribution in [1.29, 1.82) is 0 Å². The second-order valence-corrected chi connectivity index (χ2v) is 5.51. The standard InChI is InChI=1S/C16H26N6O.HI/c1-5-17-16(19-10-15-21-13(3)14(4)23-15)18-7-6-8-22-11-12(2)9-20-22;/h9,11H,5-8,10H2,1-4H3,(H2,17,18,19);1H. The number of aryl methyl sites for hydroxylation is 4. The van der Waals surface area contributed by atoms with Gasteiger partial charge in [-0.25, -0.2) is 9.98 Å². The predicted octanol–water partition coefficient (Wildman–Crippen LogP) is 2.56. The molecule has 24 heavy (non-hydrogen) atoms. The van der Waals surface area contributed by atoms with Crippen LogP contribution in [0.1, 0.15) is 36.3 Å². The number of halogens is 1. The van der Waals surface area contributed by atoms with Crippen molar-refractivity contribution >= 4 is 29.9 Å². The molecular formula is C16H27IN6O. The van der Waals surface area contributed by atoms with Crippen molar-refractivity contribution in [1.82, 2.24) is 25.4 Å². The van der Waals surface area contributed by atoms with Crippen molar-refractivity contribution in [3.05, 3.63) is 35.3 Å². The summed E-state index contributed by atoms with van der Waals surface area (Å²) in [5.41, 5.74) is 2.10. The first-order valence-electron chi connectivity index (χ1n) is 8.02. The third kappa shape index (κ3) is 6.50. The van der Waals surface area contributed by atoms with Crippen LogP contribution in [0.5, 0.6) is 0 Å². The van der Waals surface area contributed by atoms with Crippen molar-refractivity contribution in [2.24, 2.45) is 4.99 Å². The Bertz CT molecular complexity index is 629. The number of aromatic nitrogens is 3. The van der Waals surface area contributed by atoms with E-state index in [0.717, 1.165) is 43.5 Å². The van der Waals surface area contributed by atoms with Gasteiger partial charge in [0.25, 0.3) is 0 Å². The van der Waals surface area contributed by atoms with E-state index in [1.165, 1.54) is 5.56 Å². The average molecular weight is 446 g/mol. The topological polar surface area (TPSA) is 80.3 Å². The third-order valence-electron chi connectivity index (χ3n) is 3.41. The predicted molar refractivity (Wildman–Crippen MR) is 106 cm³/mol. The monoisotopic (exact) mass is 446 g/mol. The van der Waals surface area contributed by atoms with Gasteiger partial charge in [0.05, 0.1) is 11.9 Å². The Labute approximate surface area is 160 Å². The fraction of sp³-hybridized carbons (Fsp3) is 0.562. The molecule has 8 heteroatoms. The van der Waals surface area contributed by atoms with Crippen molar-refractivity contribution in [2.75, 3.05) is 13.1 Å². The summed E-state index contributed by atoms with van der Waals surface area (Å²) >= 11 is 0. The molecule has 0 unspecified atom stereocenters. The number of aliphatic imine (C=N–C) groups is 1. The van der Waals surface area contributed by atoms with Crippen LogP contribution >= 0.6 is 24.0 Å². The second kappa shape index (κ2) is 10.3. The summed E-state index contributed by atoms with van der Waals surface area (Å²) in [6, 6.07) is 0. The highest BCUT2D eigenvalue weighted by atomic mass is 127. The van der Waals surface area contributed by atoms with Gasteiger partial charge in [-0.2, -0.15) is 5.10 Å². The quantitative estimate of drug-likeness (QED) is 0.296. The van der Waals surface area contributed by atoms with Crippen molar-refractivity contribution in [3.63, 3.8) is 0 Å². The number of guanidine groups is 1. The highest BCUT2D eigenvalue weighted by molar-refractivity contribution is 14.0. The van der Waals surface area contributed by atoms with Crippen molar-refractivity contribution in [3.8, 4) is 0 Å².